The molecule has 30 heteroatoms. The van der Waals surface area contributed by atoms with Crippen molar-refractivity contribution in [3.8, 4) is 5.75 Å². The summed E-state index contributed by atoms with van der Waals surface area (Å²) in [6.45, 7) is 6.23. The van der Waals surface area contributed by atoms with Crippen LogP contribution in [0.5, 0.6) is 5.75 Å². The number of carbonyl (C=O) groups is 10. The maximum Gasteiger partial charge on any atom is 0.246 e. The predicted octanol–water partition coefficient (Wildman–Crippen LogP) is -1.15. The molecule has 10 amide bonds. The number of benzene rings is 2. The topological polar surface area (TPSA) is 460 Å². The maximum atomic E-state index is 15.2. The Morgan fingerprint density at radius 2 is 1.30 bits per heavy atom. The number of nitrogens with two attached hydrogens (primary N) is 6. The van der Waals surface area contributed by atoms with Crippen LogP contribution in [0, 0.1) is 5.92 Å². The van der Waals surface area contributed by atoms with Gasteiger partial charge < -0.3 is 86.6 Å². The summed E-state index contributed by atoms with van der Waals surface area (Å²) in [7, 11) is 2.60. The molecule has 1 spiro atoms. The summed E-state index contributed by atoms with van der Waals surface area (Å²) in [5.41, 5.74) is 35.0. The lowest BCUT2D eigenvalue weighted by Crippen LogP contribution is -2.62. The van der Waals surface area contributed by atoms with Crippen LogP contribution < -0.4 is 81.7 Å². The first-order valence-corrected chi connectivity index (χ1v) is 33.2. The zero-order chi connectivity index (χ0) is 65.8. The monoisotopic (exact) mass is 1290 g/mol. The molecule has 2 aromatic carbocycles. The van der Waals surface area contributed by atoms with Crippen molar-refractivity contribution >= 4 is 92.6 Å². The molecule has 0 radical (unpaired) electrons. The first-order chi connectivity index (χ1) is 43.0. The summed E-state index contributed by atoms with van der Waals surface area (Å²) in [5, 5.41) is 22.3. The molecular formula is C60H93N17O11S2. The number of rotatable bonds is 26. The molecule has 1 aliphatic carbocycles. The second-order valence-corrected chi connectivity index (χ2v) is 25.8. The number of nitrogens with one attached hydrogen (secondary N) is 8. The number of amides is 10. The minimum atomic E-state index is -1.67. The molecule has 0 aromatic heterocycles. The van der Waals surface area contributed by atoms with Crippen LogP contribution in [0.3, 0.4) is 0 Å². The van der Waals surface area contributed by atoms with Crippen molar-refractivity contribution in [3.63, 3.8) is 0 Å². The molecule has 2 aromatic rings. The highest BCUT2D eigenvalue weighted by Crippen LogP contribution is 2.48. The van der Waals surface area contributed by atoms with E-state index in [1.165, 1.54) is 26.5 Å². The molecule has 9 atom stereocenters. The van der Waals surface area contributed by atoms with E-state index in [4.69, 9.17) is 39.1 Å². The number of hydrogen-bond acceptors (Lipinski definition) is 16. The predicted molar refractivity (Wildman–Crippen MR) is 345 cm³/mol. The van der Waals surface area contributed by atoms with Crippen LogP contribution in [-0.4, -0.2) is 174 Å². The molecule has 3 aliphatic rings. The minimum Gasteiger partial charge on any atom is -0.494 e. The van der Waals surface area contributed by atoms with Crippen LogP contribution in [-0.2, 0) is 60.8 Å². The molecule has 1 saturated carbocycles. The molecule has 90 heavy (non-hydrogen) atoms. The van der Waals surface area contributed by atoms with Crippen molar-refractivity contribution in [2.45, 2.75) is 177 Å². The van der Waals surface area contributed by atoms with Crippen LogP contribution in [0.2, 0.25) is 0 Å². The lowest BCUT2D eigenvalue weighted by atomic mass is 9.85. The van der Waals surface area contributed by atoms with Gasteiger partial charge in [-0.3, -0.25) is 57.9 Å². The largest absolute Gasteiger partial charge is 0.494 e. The highest BCUT2D eigenvalue weighted by Gasteiger charge is 2.43. The average molecular weight is 1290 g/mol. The molecule has 1 unspecified atom stereocenters. The first kappa shape index (κ1) is 72.9. The molecule has 3 fully saturated rings. The molecule has 5 rings (SSSR count). The zero-order valence-electron chi connectivity index (χ0n) is 51.8. The van der Waals surface area contributed by atoms with Gasteiger partial charge in [0.05, 0.1) is 19.1 Å². The Morgan fingerprint density at radius 3 is 1.92 bits per heavy atom. The number of primary amides is 1. The molecule has 2 saturated heterocycles. The molecule has 2 heterocycles. The Kier molecular flexibility index (Phi) is 30.2. The van der Waals surface area contributed by atoms with Gasteiger partial charge in [0.2, 0.25) is 59.1 Å². The summed E-state index contributed by atoms with van der Waals surface area (Å²) < 4.78 is 4.93. The van der Waals surface area contributed by atoms with Gasteiger partial charge in [-0.1, -0.05) is 104 Å². The molecule has 20 N–H and O–H groups in total. The van der Waals surface area contributed by atoms with E-state index in [-0.39, 0.29) is 82.4 Å². The van der Waals surface area contributed by atoms with Crippen molar-refractivity contribution in [2.75, 3.05) is 45.1 Å². The summed E-state index contributed by atoms with van der Waals surface area (Å²) in [6, 6.07) is 5.99. The Labute approximate surface area is 533 Å². The van der Waals surface area contributed by atoms with E-state index in [0.717, 1.165) is 19.3 Å². The van der Waals surface area contributed by atoms with Crippen LogP contribution >= 0.6 is 21.6 Å². The Balaban J connectivity index is 1.46. The summed E-state index contributed by atoms with van der Waals surface area (Å²) in [4.78, 5) is 152. The van der Waals surface area contributed by atoms with Gasteiger partial charge in [-0.25, -0.2) is 0 Å². The zero-order valence-corrected chi connectivity index (χ0v) is 53.4. The van der Waals surface area contributed by atoms with Gasteiger partial charge in [0.1, 0.15) is 48.0 Å². The fraction of sp³-hybridized carbons (Fsp3) is 0.600. The second-order valence-electron chi connectivity index (χ2n) is 22.9. The van der Waals surface area contributed by atoms with E-state index in [1.54, 1.807) is 68.4 Å². The lowest BCUT2D eigenvalue weighted by Gasteiger charge is -2.37. The summed E-state index contributed by atoms with van der Waals surface area (Å²) in [5.74, 6) is -7.41. The van der Waals surface area contributed by atoms with Crippen molar-refractivity contribution in [1.82, 2.24) is 47.4 Å². The van der Waals surface area contributed by atoms with Crippen molar-refractivity contribution in [2.24, 2.45) is 50.3 Å². The van der Waals surface area contributed by atoms with Crippen LogP contribution in [0.1, 0.15) is 122 Å². The summed E-state index contributed by atoms with van der Waals surface area (Å²) >= 11 is 0. The van der Waals surface area contributed by atoms with Gasteiger partial charge in [-0.15, -0.1) is 0 Å². The lowest BCUT2D eigenvalue weighted by molar-refractivity contribution is -0.142. The Morgan fingerprint density at radius 1 is 0.711 bits per heavy atom. The first-order valence-electron chi connectivity index (χ1n) is 30.9. The van der Waals surface area contributed by atoms with E-state index in [2.05, 4.69) is 52.5 Å². The maximum absolute atomic E-state index is 15.2. The van der Waals surface area contributed by atoms with Gasteiger partial charge in [-0.05, 0) is 87.5 Å². The van der Waals surface area contributed by atoms with Gasteiger partial charge in [0.15, 0.2) is 11.9 Å². The van der Waals surface area contributed by atoms with Gasteiger partial charge in [0.25, 0.3) is 0 Å². The van der Waals surface area contributed by atoms with Crippen molar-refractivity contribution < 1.29 is 52.7 Å². The van der Waals surface area contributed by atoms with Gasteiger partial charge >= 0.3 is 0 Å². The number of nitrogens with zero attached hydrogens (tertiary/aromatic N) is 3. The number of carbonyl (C=O) groups excluding carboxylic acids is 10. The standard InChI is InChI=1S/C60H93N17O11S2/c1-4-36(3)49-56(86)74-44(33-47(62)78)53(83)75-45(57(87)77-30-14-19-46(77)55(85)72-41(18-13-27-70-59(65)66)51(81)68-29-28-67-50(80)40(61)17-12-26-69-58(63)64)35-89-90-60(24-10-7-11-25-60)34-48(79)71-42(32-38-20-22-39(23-21-38)88-5-2)52(82)73-43(54(84)76-49)31-37-15-8-6-9-16-37/h6,8-9,15-16,20-23,36,40-46,49H,4-5,7,10-14,17-19,24-35,61H2,1-3H3,(H2,62,78)(H,67,80)(H,68,81)(H,71,79)(H,72,85)(H,73,82)(H,74,86)(H,75,83)(H,76,84)(H4,63,64,69)(H4,65,66,70)/t36?,40-,41-,42+,43-,44-,45-,46-,49-/m0/s1. The molecule has 2 aliphatic heterocycles. The summed E-state index contributed by atoms with van der Waals surface area (Å²) in [6.07, 6.45) is 4.82. The van der Waals surface area contributed by atoms with Crippen molar-refractivity contribution in [3.05, 3.63) is 65.7 Å². The molecular weight excluding hydrogens is 1200 g/mol. The molecule has 496 valence electrons. The van der Waals surface area contributed by atoms with Gasteiger partial charge in [0, 0.05) is 62.5 Å². The van der Waals surface area contributed by atoms with Crippen LogP contribution in [0.25, 0.3) is 0 Å². The van der Waals surface area contributed by atoms with E-state index in [9.17, 15) is 43.2 Å². The van der Waals surface area contributed by atoms with Gasteiger partial charge in [-0.2, -0.15) is 0 Å². The van der Waals surface area contributed by atoms with Crippen molar-refractivity contribution in [1.29, 1.82) is 0 Å². The minimum absolute atomic E-state index is 0.00265. The Hall–Kier alpha value is -7.86. The number of hydrogen-bond donors (Lipinski definition) is 14. The SMILES string of the molecule is CCOc1ccc(C[C@H]2NC(=O)CC3(CCCCC3)SSC[C@@H](C(=O)N3CCC[C@H]3C(=O)N[C@@H](CCCN=C(N)N)C(=O)NCCNC(=O)[C@@H](N)CCCN=C(N)N)NC(=O)[C@H](CC(N)=O)NC(=O)[C@H](C(C)CC)NC(=O)[C@H](Cc3ccccc3)NC2=O)cc1. The highest BCUT2D eigenvalue weighted by atomic mass is 33.1. The third kappa shape index (κ3) is 24.2. The van der Waals surface area contributed by atoms with E-state index < -0.39 is 124 Å². The third-order valence-corrected chi connectivity index (χ3v) is 19.2. The highest BCUT2D eigenvalue weighted by molar-refractivity contribution is 8.77. The number of likely N-dealkylation sites (tertiary alicyclic amines) is 1. The van der Waals surface area contributed by atoms with E-state index in [1.807, 2.05) is 6.92 Å². The molecule has 28 nitrogen and oxygen atoms in total. The third-order valence-electron chi connectivity index (χ3n) is 15.9. The normalized spacial score (nSPS) is 22.1. The number of ether oxygens (including phenoxy) is 1. The Bertz CT molecular complexity index is 2800. The second kappa shape index (κ2) is 37.3. The fourth-order valence-electron chi connectivity index (χ4n) is 10.8. The van der Waals surface area contributed by atoms with E-state index >= 15 is 4.79 Å². The van der Waals surface area contributed by atoms with Crippen LogP contribution in [0.15, 0.2) is 64.6 Å². The fourth-order valence-corrected chi connectivity index (χ4v) is 14.2. The number of aliphatic imine (C=N–C) groups is 2. The number of guanidine groups is 2. The average Bonchev–Trinajstić information content (AvgIpc) is 1.52. The quantitative estimate of drug-likeness (QED) is 0.0229. The molecule has 0 bridgehead atoms. The smallest absolute Gasteiger partial charge is 0.246 e. The van der Waals surface area contributed by atoms with E-state index in [0.29, 0.717) is 68.6 Å². The van der Waals surface area contributed by atoms with Crippen LogP contribution in [0.4, 0.5) is 0 Å².